The number of fused-ring (bicyclic) bond motifs is 1. The van der Waals surface area contributed by atoms with E-state index in [1.165, 1.54) is 0 Å². The van der Waals surface area contributed by atoms with Gasteiger partial charge in [-0.2, -0.15) is 0 Å². The van der Waals surface area contributed by atoms with Crippen LogP contribution in [0.5, 0.6) is 5.75 Å². The third-order valence-corrected chi connectivity index (χ3v) is 3.91. The highest BCUT2D eigenvalue weighted by atomic mass is 16.5. The van der Waals surface area contributed by atoms with E-state index in [1.807, 2.05) is 49.4 Å². The Labute approximate surface area is 141 Å². The summed E-state index contributed by atoms with van der Waals surface area (Å²) in [6.07, 6.45) is -0.137. The minimum Gasteiger partial charge on any atom is -0.479 e. The SMILES string of the molecule is Cc1cccc(CC(=O)NCc2ccc3c(c2)NC(=O)C(C)O3)c1. The van der Waals surface area contributed by atoms with Gasteiger partial charge in [0, 0.05) is 6.54 Å². The normalized spacial score (nSPS) is 15.9. The van der Waals surface area contributed by atoms with E-state index in [-0.39, 0.29) is 11.8 Å². The molecule has 1 aliphatic heterocycles. The molecule has 1 aliphatic rings. The van der Waals surface area contributed by atoms with Gasteiger partial charge in [-0.25, -0.2) is 0 Å². The molecule has 0 radical (unpaired) electrons. The van der Waals surface area contributed by atoms with E-state index in [9.17, 15) is 9.59 Å². The van der Waals surface area contributed by atoms with Crippen molar-refractivity contribution in [3.05, 3.63) is 59.2 Å². The van der Waals surface area contributed by atoms with Crippen LogP contribution in [-0.2, 0) is 22.6 Å². The maximum absolute atomic E-state index is 12.1. The van der Waals surface area contributed by atoms with Gasteiger partial charge < -0.3 is 15.4 Å². The first-order chi connectivity index (χ1) is 11.5. The third kappa shape index (κ3) is 3.74. The highest BCUT2D eigenvalue weighted by molar-refractivity contribution is 5.97. The Morgan fingerprint density at radius 3 is 2.83 bits per heavy atom. The Morgan fingerprint density at radius 1 is 1.21 bits per heavy atom. The molecule has 0 saturated carbocycles. The summed E-state index contributed by atoms with van der Waals surface area (Å²) in [5.74, 6) is 0.451. The zero-order chi connectivity index (χ0) is 17.1. The van der Waals surface area contributed by atoms with Crippen molar-refractivity contribution in [2.75, 3.05) is 5.32 Å². The molecule has 0 saturated heterocycles. The Balaban J connectivity index is 1.60. The number of anilines is 1. The van der Waals surface area contributed by atoms with Crippen molar-refractivity contribution < 1.29 is 14.3 Å². The maximum Gasteiger partial charge on any atom is 0.265 e. The van der Waals surface area contributed by atoms with E-state index in [2.05, 4.69) is 10.6 Å². The predicted octanol–water partition coefficient (Wildman–Crippen LogP) is 2.57. The highest BCUT2D eigenvalue weighted by Crippen LogP contribution is 2.30. The lowest BCUT2D eigenvalue weighted by atomic mass is 10.1. The van der Waals surface area contributed by atoms with Gasteiger partial charge in [-0.05, 0) is 37.1 Å². The molecule has 2 aromatic rings. The zero-order valence-electron chi connectivity index (χ0n) is 13.8. The molecule has 2 amide bonds. The van der Waals surface area contributed by atoms with Crippen molar-refractivity contribution >= 4 is 17.5 Å². The van der Waals surface area contributed by atoms with Gasteiger partial charge in [0.05, 0.1) is 12.1 Å². The Kier molecular flexibility index (Phi) is 4.51. The molecule has 5 heteroatoms. The van der Waals surface area contributed by atoms with E-state index in [4.69, 9.17) is 4.74 Å². The molecule has 0 bridgehead atoms. The van der Waals surface area contributed by atoms with Crippen molar-refractivity contribution in [1.82, 2.24) is 5.32 Å². The molecule has 2 N–H and O–H groups in total. The summed E-state index contributed by atoms with van der Waals surface area (Å²) >= 11 is 0. The minimum atomic E-state index is -0.489. The number of benzene rings is 2. The summed E-state index contributed by atoms with van der Waals surface area (Å²) in [5.41, 5.74) is 3.68. The number of rotatable bonds is 4. The summed E-state index contributed by atoms with van der Waals surface area (Å²) < 4.78 is 5.52. The second-order valence-corrected chi connectivity index (χ2v) is 6.02. The molecule has 0 aromatic heterocycles. The Hall–Kier alpha value is -2.82. The van der Waals surface area contributed by atoms with Gasteiger partial charge in [-0.3, -0.25) is 9.59 Å². The van der Waals surface area contributed by atoms with Gasteiger partial charge in [0.2, 0.25) is 5.91 Å². The van der Waals surface area contributed by atoms with Crippen LogP contribution in [0.1, 0.15) is 23.6 Å². The van der Waals surface area contributed by atoms with E-state index in [1.54, 1.807) is 6.92 Å². The number of carbonyl (C=O) groups excluding carboxylic acids is 2. The number of hydrogen-bond donors (Lipinski definition) is 2. The summed E-state index contributed by atoms with van der Waals surface area (Å²) in [6, 6.07) is 13.4. The van der Waals surface area contributed by atoms with Crippen LogP contribution in [0.15, 0.2) is 42.5 Å². The monoisotopic (exact) mass is 324 g/mol. The molecular formula is C19H20N2O3. The van der Waals surface area contributed by atoms with Crippen LogP contribution in [0.4, 0.5) is 5.69 Å². The summed E-state index contributed by atoms with van der Waals surface area (Å²) in [4.78, 5) is 23.7. The van der Waals surface area contributed by atoms with Crippen LogP contribution in [0, 0.1) is 6.92 Å². The number of carbonyl (C=O) groups is 2. The average molecular weight is 324 g/mol. The fourth-order valence-corrected chi connectivity index (χ4v) is 2.64. The van der Waals surface area contributed by atoms with Crippen molar-refractivity contribution in [3.8, 4) is 5.75 Å². The van der Waals surface area contributed by atoms with Gasteiger partial charge in [0.1, 0.15) is 5.75 Å². The topological polar surface area (TPSA) is 67.4 Å². The van der Waals surface area contributed by atoms with E-state index in [0.717, 1.165) is 16.7 Å². The first kappa shape index (κ1) is 16.1. The fraction of sp³-hybridized carbons (Fsp3) is 0.263. The van der Waals surface area contributed by atoms with Crippen LogP contribution in [0.2, 0.25) is 0 Å². The molecule has 0 fully saturated rings. The molecule has 1 heterocycles. The lowest BCUT2D eigenvalue weighted by Gasteiger charge is -2.23. The smallest absolute Gasteiger partial charge is 0.265 e. The van der Waals surface area contributed by atoms with Crippen molar-refractivity contribution in [2.24, 2.45) is 0 Å². The van der Waals surface area contributed by atoms with Crippen molar-refractivity contribution in [3.63, 3.8) is 0 Å². The van der Waals surface area contributed by atoms with E-state index < -0.39 is 6.10 Å². The third-order valence-electron chi connectivity index (χ3n) is 3.91. The summed E-state index contributed by atoms with van der Waals surface area (Å²) in [7, 11) is 0. The standard InChI is InChI=1S/C19H20N2O3/c1-12-4-3-5-14(8-12)10-18(22)20-11-15-6-7-17-16(9-15)21-19(23)13(2)24-17/h3-9,13H,10-11H2,1-2H3,(H,20,22)(H,21,23). The van der Waals surface area contributed by atoms with Gasteiger partial charge in [-0.1, -0.05) is 35.9 Å². The van der Waals surface area contributed by atoms with Gasteiger partial charge >= 0.3 is 0 Å². The number of aryl methyl sites for hydroxylation is 1. The number of hydrogen-bond acceptors (Lipinski definition) is 3. The largest absolute Gasteiger partial charge is 0.479 e. The fourth-order valence-electron chi connectivity index (χ4n) is 2.64. The second-order valence-electron chi connectivity index (χ2n) is 6.02. The van der Waals surface area contributed by atoms with Crippen molar-refractivity contribution in [2.45, 2.75) is 32.9 Å². The summed E-state index contributed by atoms with van der Waals surface area (Å²) in [5, 5.41) is 5.71. The van der Waals surface area contributed by atoms with Gasteiger partial charge in [0.25, 0.3) is 5.91 Å². The van der Waals surface area contributed by atoms with Gasteiger partial charge in [-0.15, -0.1) is 0 Å². The van der Waals surface area contributed by atoms with Crippen LogP contribution in [0.3, 0.4) is 0 Å². The molecule has 0 spiro atoms. The first-order valence-electron chi connectivity index (χ1n) is 7.94. The highest BCUT2D eigenvalue weighted by Gasteiger charge is 2.23. The minimum absolute atomic E-state index is 0.0350. The molecule has 124 valence electrons. The molecule has 1 unspecified atom stereocenters. The summed E-state index contributed by atoms with van der Waals surface area (Å²) in [6.45, 7) is 4.12. The molecule has 2 aromatic carbocycles. The van der Waals surface area contributed by atoms with Crippen LogP contribution >= 0.6 is 0 Å². The van der Waals surface area contributed by atoms with Crippen LogP contribution in [0.25, 0.3) is 0 Å². The molecule has 24 heavy (non-hydrogen) atoms. The molecular weight excluding hydrogens is 304 g/mol. The van der Waals surface area contributed by atoms with Crippen LogP contribution < -0.4 is 15.4 Å². The average Bonchev–Trinajstić information content (AvgIpc) is 2.54. The van der Waals surface area contributed by atoms with E-state index in [0.29, 0.717) is 24.4 Å². The lowest BCUT2D eigenvalue weighted by Crippen LogP contribution is -2.34. The predicted molar refractivity (Wildman–Crippen MR) is 91.9 cm³/mol. The second kappa shape index (κ2) is 6.74. The zero-order valence-corrected chi connectivity index (χ0v) is 13.8. The Morgan fingerprint density at radius 2 is 2.04 bits per heavy atom. The molecule has 5 nitrogen and oxygen atoms in total. The lowest BCUT2D eigenvalue weighted by molar-refractivity contribution is -0.123. The number of nitrogens with one attached hydrogen (secondary N) is 2. The number of ether oxygens (including phenoxy) is 1. The number of amides is 2. The first-order valence-corrected chi connectivity index (χ1v) is 7.94. The Bertz CT molecular complexity index is 786. The molecule has 1 atom stereocenters. The van der Waals surface area contributed by atoms with Gasteiger partial charge in [0.15, 0.2) is 6.10 Å². The van der Waals surface area contributed by atoms with E-state index >= 15 is 0 Å². The van der Waals surface area contributed by atoms with Crippen molar-refractivity contribution in [1.29, 1.82) is 0 Å². The molecule has 3 rings (SSSR count). The van der Waals surface area contributed by atoms with Crippen LogP contribution in [-0.4, -0.2) is 17.9 Å². The maximum atomic E-state index is 12.1. The quantitative estimate of drug-likeness (QED) is 0.908. The molecule has 0 aliphatic carbocycles.